The summed E-state index contributed by atoms with van der Waals surface area (Å²) in [5.41, 5.74) is 0.771. The average Bonchev–Trinajstić information content (AvgIpc) is 2.71. The second-order valence-corrected chi connectivity index (χ2v) is 4.11. The Morgan fingerprint density at radius 1 is 1.41 bits per heavy atom. The number of benzene rings is 1. The summed E-state index contributed by atoms with van der Waals surface area (Å²) < 4.78 is 18.6. The van der Waals surface area contributed by atoms with E-state index in [4.69, 9.17) is 16.0 Å². The molecule has 0 aliphatic rings. The molecule has 17 heavy (non-hydrogen) atoms. The van der Waals surface area contributed by atoms with Gasteiger partial charge in [-0.05, 0) is 24.6 Å². The fourth-order valence-corrected chi connectivity index (χ4v) is 1.82. The molecular weight excluding hydrogens is 243 g/mol. The molecule has 2 nitrogen and oxygen atoms in total. The van der Waals surface area contributed by atoms with E-state index in [0.717, 1.165) is 0 Å². The lowest BCUT2D eigenvalue weighted by Crippen LogP contribution is -2.05. The maximum Gasteiger partial charge on any atom is 0.170 e. The van der Waals surface area contributed by atoms with Crippen molar-refractivity contribution >= 4 is 17.4 Å². The van der Waals surface area contributed by atoms with Crippen LogP contribution in [0.3, 0.4) is 0 Å². The fourth-order valence-electron chi connectivity index (χ4n) is 1.63. The van der Waals surface area contributed by atoms with Gasteiger partial charge in [-0.1, -0.05) is 23.7 Å². The molecule has 0 amide bonds. The van der Waals surface area contributed by atoms with Gasteiger partial charge in [-0.15, -0.1) is 0 Å². The Morgan fingerprint density at radius 2 is 2.18 bits per heavy atom. The first kappa shape index (κ1) is 11.9. The molecule has 2 aromatic rings. The maximum absolute atomic E-state index is 13.6. The van der Waals surface area contributed by atoms with Crippen LogP contribution in [0.4, 0.5) is 4.39 Å². The lowest BCUT2D eigenvalue weighted by Gasteiger charge is -2.03. The molecule has 0 saturated heterocycles. The number of halogens is 2. The zero-order chi connectivity index (χ0) is 12.4. The summed E-state index contributed by atoms with van der Waals surface area (Å²) in [6.07, 6.45) is 1.42. The lowest BCUT2D eigenvalue weighted by atomic mass is 10.0. The van der Waals surface area contributed by atoms with Crippen molar-refractivity contribution in [3.05, 3.63) is 58.3 Å². The normalized spacial score (nSPS) is 10.5. The summed E-state index contributed by atoms with van der Waals surface area (Å²) in [4.78, 5) is 11.9. The predicted octanol–water partition coefficient (Wildman–Crippen LogP) is 3.81. The molecule has 0 saturated carbocycles. The Labute approximate surface area is 103 Å². The van der Waals surface area contributed by atoms with Gasteiger partial charge in [-0.2, -0.15) is 0 Å². The Balaban J connectivity index is 2.25. The van der Waals surface area contributed by atoms with E-state index < -0.39 is 5.82 Å². The highest BCUT2D eigenvalue weighted by atomic mass is 35.5. The highest BCUT2D eigenvalue weighted by Crippen LogP contribution is 2.20. The molecule has 0 N–H and O–H groups in total. The molecule has 1 heterocycles. The largest absolute Gasteiger partial charge is 0.469 e. The molecule has 88 valence electrons. The second kappa shape index (κ2) is 4.72. The number of hydrogen-bond acceptors (Lipinski definition) is 2. The molecule has 1 aromatic heterocycles. The third kappa shape index (κ3) is 2.39. The van der Waals surface area contributed by atoms with E-state index in [2.05, 4.69) is 0 Å². The first-order valence-electron chi connectivity index (χ1n) is 5.10. The minimum Gasteiger partial charge on any atom is -0.469 e. The monoisotopic (exact) mass is 252 g/mol. The van der Waals surface area contributed by atoms with Gasteiger partial charge in [-0.25, -0.2) is 4.39 Å². The summed E-state index contributed by atoms with van der Waals surface area (Å²) in [5, 5.41) is 0.0271. The molecule has 0 radical (unpaired) electrons. The fraction of sp³-hybridized carbons (Fsp3) is 0.154. The van der Waals surface area contributed by atoms with Crippen molar-refractivity contribution in [1.82, 2.24) is 0 Å². The molecule has 0 atom stereocenters. The number of furan rings is 1. The van der Waals surface area contributed by atoms with Crippen LogP contribution in [0.2, 0.25) is 5.02 Å². The van der Waals surface area contributed by atoms with Crippen molar-refractivity contribution in [2.45, 2.75) is 13.3 Å². The van der Waals surface area contributed by atoms with E-state index in [9.17, 15) is 9.18 Å². The van der Waals surface area contributed by atoms with E-state index >= 15 is 0 Å². The molecule has 0 spiro atoms. The molecule has 4 heteroatoms. The van der Waals surface area contributed by atoms with Crippen molar-refractivity contribution in [2.24, 2.45) is 0 Å². The van der Waals surface area contributed by atoms with Crippen molar-refractivity contribution in [3.8, 4) is 0 Å². The number of carbonyl (C=O) groups is 1. The highest BCUT2D eigenvalue weighted by molar-refractivity contribution is 6.30. The standard InChI is InChI=1S/C13H10ClFO2/c1-8-10(5-6-17-8)12(16)7-9-3-2-4-11(14)13(9)15/h2-6H,7H2,1H3. The van der Waals surface area contributed by atoms with Gasteiger partial charge < -0.3 is 4.42 Å². The van der Waals surface area contributed by atoms with Crippen LogP contribution in [0.25, 0.3) is 0 Å². The van der Waals surface area contributed by atoms with Crippen LogP contribution in [-0.4, -0.2) is 5.78 Å². The number of Topliss-reactive ketones (excluding diaryl/α,β-unsaturated/α-hetero) is 1. The Hall–Kier alpha value is -1.61. The van der Waals surface area contributed by atoms with Crippen LogP contribution < -0.4 is 0 Å². The van der Waals surface area contributed by atoms with Crippen LogP contribution >= 0.6 is 11.6 Å². The minimum atomic E-state index is -0.538. The predicted molar refractivity (Wildman–Crippen MR) is 62.9 cm³/mol. The van der Waals surface area contributed by atoms with Crippen LogP contribution in [-0.2, 0) is 6.42 Å². The van der Waals surface area contributed by atoms with Gasteiger partial charge in [0.2, 0.25) is 0 Å². The van der Waals surface area contributed by atoms with E-state index in [1.54, 1.807) is 25.1 Å². The topological polar surface area (TPSA) is 30.2 Å². The molecule has 0 unspecified atom stereocenters. The average molecular weight is 253 g/mol. The third-order valence-corrected chi connectivity index (χ3v) is 2.83. The van der Waals surface area contributed by atoms with Crippen LogP contribution in [0.5, 0.6) is 0 Å². The number of hydrogen-bond donors (Lipinski definition) is 0. The minimum absolute atomic E-state index is 0.0211. The number of ketones is 1. The van der Waals surface area contributed by atoms with Gasteiger partial charge in [0.1, 0.15) is 11.6 Å². The van der Waals surface area contributed by atoms with Gasteiger partial charge in [0, 0.05) is 6.42 Å². The number of rotatable bonds is 3. The van der Waals surface area contributed by atoms with Gasteiger partial charge >= 0.3 is 0 Å². The number of aryl methyl sites for hydroxylation is 1. The zero-order valence-electron chi connectivity index (χ0n) is 9.17. The summed E-state index contributed by atoms with van der Waals surface area (Å²) in [5.74, 6) is -0.182. The summed E-state index contributed by atoms with van der Waals surface area (Å²) in [7, 11) is 0. The molecule has 0 fully saturated rings. The van der Waals surface area contributed by atoms with Crippen molar-refractivity contribution in [1.29, 1.82) is 0 Å². The van der Waals surface area contributed by atoms with E-state index in [-0.39, 0.29) is 17.2 Å². The van der Waals surface area contributed by atoms with Gasteiger partial charge in [0.25, 0.3) is 0 Å². The summed E-state index contributed by atoms with van der Waals surface area (Å²) in [6, 6.07) is 6.21. The van der Waals surface area contributed by atoms with E-state index in [1.807, 2.05) is 0 Å². The third-order valence-electron chi connectivity index (χ3n) is 2.54. The molecule has 0 aliphatic carbocycles. The first-order chi connectivity index (χ1) is 8.09. The van der Waals surface area contributed by atoms with Crippen LogP contribution in [0.15, 0.2) is 34.9 Å². The Kier molecular flexibility index (Phi) is 3.29. The van der Waals surface area contributed by atoms with Crippen molar-refractivity contribution in [2.75, 3.05) is 0 Å². The highest BCUT2D eigenvalue weighted by Gasteiger charge is 2.15. The van der Waals surface area contributed by atoms with Crippen molar-refractivity contribution in [3.63, 3.8) is 0 Å². The maximum atomic E-state index is 13.6. The van der Waals surface area contributed by atoms with E-state index in [1.165, 1.54) is 12.3 Å². The summed E-state index contributed by atoms with van der Waals surface area (Å²) in [6.45, 7) is 1.70. The van der Waals surface area contributed by atoms with Gasteiger partial charge in [0.15, 0.2) is 5.78 Å². The van der Waals surface area contributed by atoms with Crippen molar-refractivity contribution < 1.29 is 13.6 Å². The van der Waals surface area contributed by atoms with Gasteiger partial charge in [-0.3, -0.25) is 4.79 Å². The van der Waals surface area contributed by atoms with E-state index in [0.29, 0.717) is 16.9 Å². The number of carbonyl (C=O) groups excluding carboxylic acids is 1. The molecule has 2 rings (SSSR count). The smallest absolute Gasteiger partial charge is 0.170 e. The molecule has 0 bridgehead atoms. The Bertz CT molecular complexity index is 560. The first-order valence-corrected chi connectivity index (χ1v) is 5.47. The zero-order valence-corrected chi connectivity index (χ0v) is 9.92. The van der Waals surface area contributed by atoms with Crippen LogP contribution in [0.1, 0.15) is 21.7 Å². The SMILES string of the molecule is Cc1occc1C(=O)Cc1cccc(Cl)c1F. The van der Waals surface area contributed by atoms with Crippen LogP contribution in [0, 0.1) is 12.7 Å². The molecule has 0 aliphatic heterocycles. The Morgan fingerprint density at radius 3 is 2.82 bits per heavy atom. The second-order valence-electron chi connectivity index (χ2n) is 3.70. The van der Waals surface area contributed by atoms with Gasteiger partial charge in [0.05, 0.1) is 16.8 Å². The molecule has 1 aromatic carbocycles. The lowest BCUT2D eigenvalue weighted by molar-refractivity contribution is 0.0990. The quantitative estimate of drug-likeness (QED) is 0.778. The summed E-state index contributed by atoms with van der Waals surface area (Å²) >= 11 is 5.65. The molecular formula is C13H10ClFO2.